The number of rotatable bonds is 9. The van der Waals surface area contributed by atoms with E-state index < -0.39 is 0 Å². The van der Waals surface area contributed by atoms with Gasteiger partial charge in [0.1, 0.15) is 0 Å². The van der Waals surface area contributed by atoms with Crippen molar-refractivity contribution in [2.45, 2.75) is 13.5 Å². The van der Waals surface area contributed by atoms with Crippen molar-refractivity contribution in [3.05, 3.63) is 41.5 Å². The number of ether oxygens (including phenoxy) is 5. The van der Waals surface area contributed by atoms with E-state index in [0.29, 0.717) is 47.4 Å². The third-order valence-corrected chi connectivity index (χ3v) is 4.40. The first-order chi connectivity index (χ1) is 13.5. The third-order valence-electron chi connectivity index (χ3n) is 4.40. The van der Waals surface area contributed by atoms with Gasteiger partial charge in [-0.25, -0.2) is 0 Å². The van der Waals surface area contributed by atoms with Crippen LogP contribution in [-0.4, -0.2) is 52.9 Å². The van der Waals surface area contributed by atoms with Gasteiger partial charge >= 0.3 is 0 Å². The molecule has 0 atom stereocenters. The molecule has 0 aliphatic heterocycles. The third kappa shape index (κ3) is 4.42. The average Bonchev–Trinajstić information content (AvgIpc) is 2.75. The van der Waals surface area contributed by atoms with Crippen LogP contribution in [0.4, 0.5) is 0 Å². The molecular formula is C21H27NO6. The van der Waals surface area contributed by atoms with Crippen LogP contribution in [0.15, 0.2) is 30.3 Å². The predicted molar refractivity (Wildman–Crippen MR) is 106 cm³/mol. The number of nitrogens with zero attached hydrogens (tertiary/aromatic N) is 1. The molecule has 0 heterocycles. The zero-order valence-corrected chi connectivity index (χ0v) is 17.2. The summed E-state index contributed by atoms with van der Waals surface area (Å²) in [5, 5.41) is 0. The summed E-state index contributed by atoms with van der Waals surface area (Å²) in [7, 11) is 7.74. The number of hydrogen-bond donors (Lipinski definition) is 0. The molecule has 0 radical (unpaired) electrons. The minimum absolute atomic E-state index is 0.142. The topological polar surface area (TPSA) is 66.5 Å². The molecule has 0 fully saturated rings. The zero-order valence-electron chi connectivity index (χ0n) is 17.2. The number of benzene rings is 2. The standard InChI is InChI=1S/C21H27NO6/c1-7-22(13-14-8-9-16(24-2)17(10-14)25-3)21(23)15-11-18(26-4)20(28-6)19(12-15)27-5/h8-12H,7,13H2,1-6H3. The fraction of sp³-hybridized carbons (Fsp3) is 0.381. The van der Waals surface area contributed by atoms with Crippen LogP contribution in [0, 0.1) is 0 Å². The first kappa shape index (κ1) is 21.2. The van der Waals surface area contributed by atoms with Crippen molar-refractivity contribution in [1.29, 1.82) is 0 Å². The molecule has 28 heavy (non-hydrogen) atoms. The number of carbonyl (C=O) groups is 1. The Morgan fingerprint density at radius 3 is 1.82 bits per heavy atom. The molecule has 0 bridgehead atoms. The van der Waals surface area contributed by atoms with E-state index in [-0.39, 0.29) is 5.91 Å². The Labute approximate surface area is 165 Å². The fourth-order valence-electron chi connectivity index (χ4n) is 2.91. The van der Waals surface area contributed by atoms with Crippen LogP contribution in [-0.2, 0) is 6.54 Å². The fourth-order valence-corrected chi connectivity index (χ4v) is 2.91. The van der Waals surface area contributed by atoms with Crippen LogP contribution in [0.5, 0.6) is 28.7 Å². The van der Waals surface area contributed by atoms with Gasteiger partial charge in [-0.15, -0.1) is 0 Å². The van der Waals surface area contributed by atoms with Gasteiger partial charge in [0.15, 0.2) is 23.0 Å². The first-order valence-electron chi connectivity index (χ1n) is 8.83. The molecular weight excluding hydrogens is 362 g/mol. The Hall–Kier alpha value is -3.09. The van der Waals surface area contributed by atoms with Crippen LogP contribution in [0.25, 0.3) is 0 Å². The summed E-state index contributed by atoms with van der Waals surface area (Å²) < 4.78 is 26.6. The number of carbonyl (C=O) groups excluding carboxylic acids is 1. The summed E-state index contributed by atoms with van der Waals surface area (Å²) in [6.45, 7) is 2.88. The SMILES string of the molecule is CCN(Cc1ccc(OC)c(OC)c1)C(=O)c1cc(OC)c(OC)c(OC)c1. The van der Waals surface area contributed by atoms with Gasteiger partial charge in [-0.05, 0) is 36.8 Å². The summed E-state index contributed by atoms with van der Waals surface area (Å²) in [4.78, 5) is 14.8. The van der Waals surface area contributed by atoms with E-state index in [2.05, 4.69) is 0 Å². The Bertz CT molecular complexity index is 796. The minimum Gasteiger partial charge on any atom is -0.493 e. The van der Waals surface area contributed by atoms with Crippen LogP contribution >= 0.6 is 0 Å². The lowest BCUT2D eigenvalue weighted by molar-refractivity contribution is 0.0751. The largest absolute Gasteiger partial charge is 0.493 e. The van der Waals surface area contributed by atoms with E-state index in [4.69, 9.17) is 23.7 Å². The molecule has 2 aromatic rings. The molecule has 1 amide bonds. The van der Waals surface area contributed by atoms with Crippen molar-refractivity contribution in [3.8, 4) is 28.7 Å². The summed E-state index contributed by atoms with van der Waals surface area (Å²) in [5.41, 5.74) is 1.39. The highest BCUT2D eigenvalue weighted by molar-refractivity contribution is 5.95. The van der Waals surface area contributed by atoms with E-state index in [1.165, 1.54) is 21.3 Å². The maximum Gasteiger partial charge on any atom is 0.254 e. The normalized spacial score (nSPS) is 10.2. The van der Waals surface area contributed by atoms with Gasteiger partial charge in [0, 0.05) is 18.7 Å². The van der Waals surface area contributed by atoms with Gasteiger partial charge in [0.25, 0.3) is 5.91 Å². The maximum atomic E-state index is 13.1. The molecule has 2 aromatic carbocycles. The van der Waals surface area contributed by atoms with Crippen LogP contribution in [0.3, 0.4) is 0 Å². The van der Waals surface area contributed by atoms with Crippen LogP contribution in [0.2, 0.25) is 0 Å². The Balaban J connectivity index is 2.33. The molecule has 0 aliphatic carbocycles. The van der Waals surface area contributed by atoms with Crippen LogP contribution < -0.4 is 23.7 Å². The summed E-state index contributed by atoms with van der Waals surface area (Å²) in [5.74, 6) is 2.45. The van der Waals surface area contributed by atoms with Crippen molar-refractivity contribution in [2.24, 2.45) is 0 Å². The second-order valence-electron chi connectivity index (χ2n) is 5.92. The van der Waals surface area contributed by atoms with Crippen molar-refractivity contribution in [1.82, 2.24) is 4.90 Å². The molecule has 0 N–H and O–H groups in total. The Morgan fingerprint density at radius 2 is 1.36 bits per heavy atom. The van der Waals surface area contributed by atoms with E-state index in [9.17, 15) is 4.79 Å². The molecule has 0 saturated heterocycles. The molecule has 2 rings (SSSR count). The maximum absolute atomic E-state index is 13.1. The lowest BCUT2D eigenvalue weighted by atomic mass is 10.1. The monoisotopic (exact) mass is 389 g/mol. The highest BCUT2D eigenvalue weighted by Gasteiger charge is 2.21. The van der Waals surface area contributed by atoms with E-state index in [1.54, 1.807) is 31.3 Å². The van der Waals surface area contributed by atoms with Gasteiger partial charge < -0.3 is 28.6 Å². The highest BCUT2D eigenvalue weighted by atomic mass is 16.5. The van der Waals surface area contributed by atoms with Gasteiger partial charge in [-0.1, -0.05) is 6.07 Å². The molecule has 0 saturated carbocycles. The Kier molecular flexibility index (Phi) is 7.37. The van der Waals surface area contributed by atoms with Gasteiger partial charge in [-0.3, -0.25) is 4.79 Å². The molecule has 0 aromatic heterocycles. The quantitative estimate of drug-likeness (QED) is 0.655. The number of amides is 1. The van der Waals surface area contributed by atoms with Crippen molar-refractivity contribution < 1.29 is 28.5 Å². The van der Waals surface area contributed by atoms with Gasteiger partial charge in [0.05, 0.1) is 35.5 Å². The number of methoxy groups -OCH3 is 5. The lowest BCUT2D eigenvalue weighted by Gasteiger charge is -2.23. The number of hydrogen-bond acceptors (Lipinski definition) is 6. The van der Waals surface area contributed by atoms with E-state index in [1.807, 2.05) is 25.1 Å². The first-order valence-corrected chi connectivity index (χ1v) is 8.83. The van der Waals surface area contributed by atoms with Crippen molar-refractivity contribution in [2.75, 3.05) is 42.1 Å². The second kappa shape index (κ2) is 9.73. The van der Waals surface area contributed by atoms with Gasteiger partial charge in [0.2, 0.25) is 5.75 Å². The van der Waals surface area contributed by atoms with E-state index in [0.717, 1.165) is 5.56 Å². The lowest BCUT2D eigenvalue weighted by Crippen LogP contribution is -2.30. The highest BCUT2D eigenvalue weighted by Crippen LogP contribution is 2.38. The smallest absolute Gasteiger partial charge is 0.254 e. The predicted octanol–water partition coefficient (Wildman–Crippen LogP) is 3.39. The second-order valence-corrected chi connectivity index (χ2v) is 5.92. The molecule has 7 nitrogen and oxygen atoms in total. The molecule has 152 valence electrons. The molecule has 0 unspecified atom stereocenters. The average molecular weight is 389 g/mol. The molecule has 0 spiro atoms. The molecule has 0 aliphatic rings. The zero-order chi connectivity index (χ0) is 20.7. The van der Waals surface area contributed by atoms with Crippen molar-refractivity contribution >= 4 is 5.91 Å². The van der Waals surface area contributed by atoms with Crippen LogP contribution in [0.1, 0.15) is 22.8 Å². The summed E-state index contributed by atoms with van der Waals surface area (Å²) in [6, 6.07) is 8.91. The minimum atomic E-state index is -0.142. The summed E-state index contributed by atoms with van der Waals surface area (Å²) >= 11 is 0. The summed E-state index contributed by atoms with van der Waals surface area (Å²) in [6.07, 6.45) is 0. The Morgan fingerprint density at radius 1 is 0.786 bits per heavy atom. The van der Waals surface area contributed by atoms with E-state index >= 15 is 0 Å². The van der Waals surface area contributed by atoms with Crippen molar-refractivity contribution in [3.63, 3.8) is 0 Å². The van der Waals surface area contributed by atoms with Gasteiger partial charge in [-0.2, -0.15) is 0 Å². The molecule has 7 heteroatoms.